The van der Waals surface area contributed by atoms with Gasteiger partial charge in [-0.05, 0) is 70.8 Å². The summed E-state index contributed by atoms with van der Waals surface area (Å²) in [5.74, 6) is 0. The van der Waals surface area contributed by atoms with Crippen LogP contribution in [-0.4, -0.2) is 19.9 Å². The van der Waals surface area contributed by atoms with E-state index in [9.17, 15) is 0 Å². The highest BCUT2D eigenvalue weighted by Crippen LogP contribution is 2.34. The zero-order valence-corrected chi connectivity index (χ0v) is 29.5. The number of aryl methyl sites for hydroxylation is 4. The van der Waals surface area contributed by atoms with Gasteiger partial charge in [-0.25, -0.2) is 28.2 Å². The van der Waals surface area contributed by atoms with Crippen LogP contribution in [0.5, 0.6) is 0 Å². The molecule has 7 aromatic heterocycles. The van der Waals surface area contributed by atoms with Crippen LogP contribution >= 0.6 is 0 Å². The molecule has 2 N–H and O–H groups in total. The van der Waals surface area contributed by atoms with Crippen LogP contribution < -0.4 is 18.3 Å². The standard InChI is InChI=1S/C44H37N8/c1-49-13-5-29(6-14-49)37-21-33-26-42-39(31-9-17-51(3)18-10-31)23-35(47-42)28-44-40(32-11-19-52(4)20-12-32)24-36(48-44)27-43-38(30-7-15-50(2)16-8-30)22-34(46-43)25-41(37)45-33/h5-28H,1-4H3,(H,45,46,47,48)/q+3/p+1. The molecule has 0 aromatic carbocycles. The fourth-order valence-corrected chi connectivity index (χ4v) is 6.90. The fraction of sp³-hybridized carbons (Fsp3) is 0.0909. The van der Waals surface area contributed by atoms with Gasteiger partial charge >= 0.3 is 0 Å². The summed E-state index contributed by atoms with van der Waals surface area (Å²) in [5.41, 5.74) is 16.2. The third-order valence-electron chi connectivity index (χ3n) is 9.70. The molecule has 250 valence electrons. The van der Waals surface area contributed by atoms with Crippen molar-refractivity contribution >= 4 is 45.4 Å². The molecule has 0 radical (unpaired) electrons. The first kappa shape index (κ1) is 31.2. The van der Waals surface area contributed by atoms with Gasteiger partial charge in [0.1, 0.15) is 28.2 Å². The highest BCUT2D eigenvalue weighted by molar-refractivity contribution is 5.97. The lowest BCUT2D eigenvalue weighted by molar-refractivity contribution is -0.671. The van der Waals surface area contributed by atoms with E-state index in [1.165, 1.54) is 0 Å². The average Bonchev–Trinajstić information content (AvgIpc) is 3.93. The summed E-state index contributed by atoms with van der Waals surface area (Å²) >= 11 is 0. The number of aromatic nitrogens is 8. The van der Waals surface area contributed by atoms with Gasteiger partial charge in [-0.1, -0.05) is 0 Å². The molecule has 8 heteroatoms. The van der Waals surface area contributed by atoms with Crippen molar-refractivity contribution in [3.63, 3.8) is 0 Å². The number of pyridine rings is 4. The van der Waals surface area contributed by atoms with E-state index in [1.807, 2.05) is 37.3 Å². The van der Waals surface area contributed by atoms with Crippen LogP contribution in [0, 0.1) is 0 Å². The van der Waals surface area contributed by atoms with E-state index in [2.05, 4.69) is 166 Å². The van der Waals surface area contributed by atoms with E-state index in [1.54, 1.807) is 0 Å². The molecule has 7 aromatic rings. The molecular formula is C44H38N8+4. The minimum absolute atomic E-state index is 0.850. The van der Waals surface area contributed by atoms with Crippen LogP contribution in [-0.2, 0) is 28.2 Å². The van der Waals surface area contributed by atoms with Crippen LogP contribution in [0.25, 0.3) is 67.6 Å². The van der Waals surface area contributed by atoms with Gasteiger partial charge in [-0.2, -0.15) is 0 Å². The largest absolute Gasteiger partial charge is 0.355 e. The smallest absolute Gasteiger partial charge is 0.169 e. The summed E-state index contributed by atoms with van der Waals surface area (Å²) in [6.07, 6.45) is 21.0. The van der Waals surface area contributed by atoms with Crippen LogP contribution in [0.15, 0.2) is 135 Å². The quantitative estimate of drug-likeness (QED) is 0.220. The van der Waals surface area contributed by atoms with Crippen molar-refractivity contribution in [2.24, 2.45) is 28.2 Å². The van der Waals surface area contributed by atoms with E-state index in [0.717, 1.165) is 89.4 Å². The highest BCUT2D eigenvalue weighted by atomic mass is 14.9. The molecule has 8 bridgehead atoms. The Hall–Kier alpha value is -6.80. The monoisotopic (exact) mass is 678 g/mol. The Labute approximate surface area is 301 Å². The Morgan fingerprint density at radius 2 is 0.769 bits per heavy atom. The van der Waals surface area contributed by atoms with Gasteiger partial charge in [0.05, 0.1) is 22.8 Å². The van der Waals surface area contributed by atoms with Gasteiger partial charge in [0.25, 0.3) is 0 Å². The Morgan fingerprint density at radius 3 is 1.23 bits per heavy atom. The molecule has 0 atom stereocenters. The molecule has 9 rings (SSSR count). The van der Waals surface area contributed by atoms with Crippen molar-refractivity contribution in [3.05, 3.63) is 168 Å². The van der Waals surface area contributed by atoms with Gasteiger partial charge in [-0.15, -0.1) is 0 Å². The normalized spacial score (nSPS) is 12.5. The van der Waals surface area contributed by atoms with Crippen LogP contribution in [0.1, 0.15) is 33.9 Å². The third kappa shape index (κ3) is 6.00. The molecule has 0 saturated carbocycles. The molecule has 0 saturated heterocycles. The van der Waals surface area contributed by atoms with E-state index in [0.29, 0.717) is 0 Å². The third-order valence-corrected chi connectivity index (χ3v) is 9.70. The van der Waals surface area contributed by atoms with Crippen LogP contribution in [0.4, 0.5) is 0 Å². The van der Waals surface area contributed by atoms with E-state index in [4.69, 9.17) is 9.97 Å². The first-order chi connectivity index (χ1) is 25.3. The molecule has 0 spiro atoms. The molecule has 0 unspecified atom stereocenters. The molecular weight excluding hydrogens is 641 g/mol. The first-order valence-electron chi connectivity index (χ1n) is 17.3. The summed E-state index contributed by atoms with van der Waals surface area (Å²) in [6, 6.07) is 30.2. The molecule has 0 amide bonds. The highest BCUT2D eigenvalue weighted by Gasteiger charge is 2.19. The summed E-state index contributed by atoms with van der Waals surface area (Å²) in [4.78, 5) is 17.9. The number of hydrogen-bond acceptors (Lipinski definition) is 2. The number of fused-ring (bicyclic) bond motifs is 8. The maximum Gasteiger partial charge on any atom is 0.169 e. The number of rotatable bonds is 4. The van der Waals surface area contributed by atoms with Crippen molar-refractivity contribution in [1.29, 1.82) is 0 Å². The van der Waals surface area contributed by atoms with Gasteiger partial charge < -0.3 is 9.97 Å². The summed E-state index contributed by atoms with van der Waals surface area (Å²) in [6.45, 7) is 0. The second-order valence-corrected chi connectivity index (χ2v) is 13.7. The Bertz CT molecular complexity index is 2730. The summed E-state index contributed by atoms with van der Waals surface area (Å²) in [5, 5.41) is 0. The molecule has 8 nitrogen and oxygen atoms in total. The van der Waals surface area contributed by atoms with Crippen molar-refractivity contribution in [2.45, 2.75) is 0 Å². The minimum atomic E-state index is 0.850. The molecule has 2 aliphatic rings. The summed E-state index contributed by atoms with van der Waals surface area (Å²) in [7, 11) is 8.14. The molecule has 0 fully saturated rings. The SMILES string of the molecule is C[n+]1ccc(C2=Cc3cc4[nH]c(cc4-c4cc[n+](C)cc4)cc4[nH]c(cc5nc(cc2n3)C=C5c2cc[n+](C)cc2)cc4-c2cc[n+](C)cc2)cc1. The second-order valence-electron chi connectivity index (χ2n) is 13.7. The van der Waals surface area contributed by atoms with E-state index >= 15 is 0 Å². The number of nitrogens with one attached hydrogen (secondary N) is 2. The fourth-order valence-electron chi connectivity index (χ4n) is 6.90. The van der Waals surface area contributed by atoms with E-state index < -0.39 is 0 Å². The number of aromatic amines is 2. The lowest BCUT2D eigenvalue weighted by Gasteiger charge is -2.01. The van der Waals surface area contributed by atoms with Crippen LogP contribution in [0.3, 0.4) is 0 Å². The maximum atomic E-state index is 5.23. The topological polar surface area (TPSA) is 72.9 Å². The van der Waals surface area contributed by atoms with Crippen molar-refractivity contribution in [3.8, 4) is 22.3 Å². The Kier molecular flexibility index (Phi) is 7.51. The average molecular weight is 679 g/mol. The minimum Gasteiger partial charge on any atom is -0.355 e. The lowest BCUT2D eigenvalue weighted by atomic mass is 10.0. The second kappa shape index (κ2) is 12.5. The van der Waals surface area contributed by atoms with E-state index in [-0.39, 0.29) is 0 Å². The predicted octanol–water partition coefficient (Wildman–Crippen LogP) is 6.12. The van der Waals surface area contributed by atoms with Gasteiger partial charge in [0, 0.05) is 92.9 Å². The number of hydrogen-bond donors (Lipinski definition) is 2. The number of nitrogens with zero attached hydrogens (tertiary/aromatic N) is 6. The summed E-state index contributed by atoms with van der Waals surface area (Å²) < 4.78 is 8.20. The lowest BCUT2D eigenvalue weighted by Crippen LogP contribution is -2.25. The predicted molar refractivity (Wildman–Crippen MR) is 203 cm³/mol. The Morgan fingerprint density at radius 1 is 0.404 bits per heavy atom. The van der Waals surface area contributed by atoms with Gasteiger partial charge in [-0.3, -0.25) is 0 Å². The van der Waals surface area contributed by atoms with Crippen molar-refractivity contribution in [1.82, 2.24) is 19.9 Å². The Balaban J connectivity index is 1.36. The molecule has 0 aliphatic carbocycles. The molecule has 52 heavy (non-hydrogen) atoms. The number of H-pyrrole nitrogens is 2. The van der Waals surface area contributed by atoms with Crippen molar-refractivity contribution in [2.75, 3.05) is 0 Å². The zero-order valence-electron chi connectivity index (χ0n) is 29.5. The zero-order chi connectivity index (χ0) is 35.3. The van der Waals surface area contributed by atoms with Crippen LogP contribution in [0.2, 0.25) is 0 Å². The molecule has 2 aliphatic heterocycles. The first-order valence-corrected chi connectivity index (χ1v) is 17.3. The van der Waals surface area contributed by atoms with Crippen molar-refractivity contribution < 1.29 is 18.3 Å². The molecule has 9 heterocycles. The van der Waals surface area contributed by atoms with Gasteiger partial charge in [0.2, 0.25) is 0 Å². The van der Waals surface area contributed by atoms with Gasteiger partial charge in [0.15, 0.2) is 49.6 Å². The maximum absolute atomic E-state index is 5.23.